The van der Waals surface area contributed by atoms with Crippen LogP contribution < -0.4 is 0 Å². The van der Waals surface area contributed by atoms with Gasteiger partial charge in [-0.15, -0.1) is 0 Å². The van der Waals surface area contributed by atoms with Crippen LogP contribution in [-0.4, -0.2) is 28.0 Å². The van der Waals surface area contributed by atoms with E-state index < -0.39 is 0 Å². The topological polar surface area (TPSA) is 40.5 Å². The van der Waals surface area contributed by atoms with Crippen LogP contribution in [0.2, 0.25) is 10.0 Å². The van der Waals surface area contributed by atoms with E-state index in [0.29, 0.717) is 5.56 Å². The first-order chi connectivity index (χ1) is 12.4. The molecule has 138 valence electrons. The molecule has 0 aromatic heterocycles. The van der Waals surface area contributed by atoms with Crippen LogP contribution in [0.25, 0.3) is 0 Å². The van der Waals surface area contributed by atoms with Gasteiger partial charge in [0.25, 0.3) is 5.91 Å². The van der Waals surface area contributed by atoms with E-state index in [4.69, 9.17) is 23.2 Å². The number of phenols is 1. The third kappa shape index (κ3) is 3.97. The van der Waals surface area contributed by atoms with Gasteiger partial charge < -0.3 is 10.0 Å². The summed E-state index contributed by atoms with van der Waals surface area (Å²) >= 11 is 11.9. The van der Waals surface area contributed by atoms with Crippen molar-refractivity contribution < 1.29 is 14.3 Å². The molecule has 2 atom stereocenters. The zero-order valence-corrected chi connectivity index (χ0v) is 15.9. The van der Waals surface area contributed by atoms with E-state index in [1.807, 2.05) is 11.8 Å². The maximum Gasteiger partial charge on any atom is 0.254 e. The second-order valence-electron chi connectivity index (χ2n) is 6.75. The lowest BCUT2D eigenvalue weighted by molar-refractivity contribution is 0.0673. The molecule has 3 nitrogen and oxygen atoms in total. The van der Waals surface area contributed by atoms with E-state index in [-0.39, 0.29) is 39.6 Å². The number of carbonyl (C=O) groups is 1. The van der Waals surface area contributed by atoms with Gasteiger partial charge in [-0.2, -0.15) is 0 Å². The van der Waals surface area contributed by atoms with Gasteiger partial charge in [-0.05, 0) is 62.4 Å². The minimum absolute atomic E-state index is 0.0653. The molecule has 2 aromatic carbocycles. The molecule has 1 fully saturated rings. The third-order valence-electron chi connectivity index (χ3n) is 4.96. The molecule has 1 amide bonds. The Hall–Kier alpha value is -1.78. The van der Waals surface area contributed by atoms with Crippen LogP contribution in [0.5, 0.6) is 5.75 Å². The molecule has 1 aliphatic heterocycles. The first-order valence-electron chi connectivity index (χ1n) is 8.62. The third-order valence-corrected chi connectivity index (χ3v) is 5.54. The average molecular weight is 396 g/mol. The number of rotatable bonds is 4. The number of halogens is 3. The number of aryl methyl sites for hydroxylation is 1. The monoisotopic (exact) mass is 395 g/mol. The summed E-state index contributed by atoms with van der Waals surface area (Å²) < 4.78 is 13.0. The smallest absolute Gasteiger partial charge is 0.254 e. The molecule has 0 bridgehead atoms. The summed E-state index contributed by atoms with van der Waals surface area (Å²) in [6, 6.07) is 9.59. The lowest BCUT2D eigenvalue weighted by Crippen LogP contribution is -2.40. The molecule has 26 heavy (non-hydrogen) atoms. The lowest BCUT2D eigenvalue weighted by Gasteiger charge is -2.29. The number of nitrogens with zero attached hydrogens (tertiary/aromatic N) is 1. The van der Waals surface area contributed by atoms with E-state index in [2.05, 4.69) is 0 Å². The van der Waals surface area contributed by atoms with Crippen LogP contribution in [-0.2, 0) is 6.42 Å². The quantitative estimate of drug-likeness (QED) is 0.745. The molecule has 3 rings (SSSR count). The molecule has 1 saturated heterocycles. The van der Waals surface area contributed by atoms with Crippen molar-refractivity contribution in [3.05, 3.63) is 63.4 Å². The van der Waals surface area contributed by atoms with E-state index in [1.165, 1.54) is 24.3 Å². The Morgan fingerprint density at radius 3 is 2.42 bits per heavy atom. The van der Waals surface area contributed by atoms with Crippen molar-refractivity contribution in [2.45, 2.75) is 44.7 Å². The van der Waals surface area contributed by atoms with Gasteiger partial charge in [0.2, 0.25) is 0 Å². The van der Waals surface area contributed by atoms with Gasteiger partial charge in [-0.25, -0.2) is 4.39 Å². The summed E-state index contributed by atoms with van der Waals surface area (Å²) in [5.74, 6) is -0.601. The number of benzene rings is 2. The second kappa shape index (κ2) is 7.85. The van der Waals surface area contributed by atoms with Crippen molar-refractivity contribution >= 4 is 29.1 Å². The van der Waals surface area contributed by atoms with E-state index >= 15 is 0 Å². The predicted molar refractivity (Wildman–Crippen MR) is 102 cm³/mol. The maximum atomic E-state index is 13.0. The fourth-order valence-electron chi connectivity index (χ4n) is 3.54. The molecular weight excluding hydrogens is 376 g/mol. The molecule has 6 heteroatoms. The van der Waals surface area contributed by atoms with Crippen molar-refractivity contribution in [1.29, 1.82) is 0 Å². The molecule has 1 N–H and O–H groups in total. The van der Waals surface area contributed by atoms with E-state index in [0.717, 1.165) is 31.2 Å². The van der Waals surface area contributed by atoms with Crippen LogP contribution in [0.3, 0.4) is 0 Å². The summed E-state index contributed by atoms with van der Waals surface area (Å²) in [7, 11) is 0. The molecule has 0 radical (unpaired) electrons. The van der Waals surface area contributed by atoms with Crippen LogP contribution in [0.4, 0.5) is 4.39 Å². The van der Waals surface area contributed by atoms with Crippen molar-refractivity contribution in [2.24, 2.45) is 0 Å². The summed E-state index contributed by atoms with van der Waals surface area (Å²) in [6.45, 7) is 2.03. The Kier molecular flexibility index (Phi) is 5.73. The second-order valence-corrected chi connectivity index (χ2v) is 7.56. The Morgan fingerprint density at radius 2 is 1.81 bits per heavy atom. The Balaban J connectivity index is 1.75. The standard InChI is InChI=1S/C20H20Cl2FNO2/c1-12-2-8-16(9-5-13-3-6-15(23)7-4-13)24(12)20(26)14-10-17(21)19(25)18(22)11-14/h3-4,6-7,10-12,16,25H,2,5,8-9H2,1H3/t12-,16-/m1/s1. The number of phenolic OH excluding ortho intramolecular Hbond substituents is 1. The van der Waals surface area contributed by atoms with Gasteiger partial charge in [-0.1, -0.05) is 35.3 Å². The van der Waals surface area contributed by atoms with Crippen molar-refractivity contribution in [3.8, 4) is 5.75 Å². The highest BCUT2D eigenvalue weighted by atomic mass is 35.5. The van der Waals surface area contributed by atoms with Gasteiger partial charge in [0.15, 0.2) is 5.75 Å². The molecule has 1 aliphatic rings. The lowest BCUT2D eigenvalue weighted by atomic mass is 10.0. The van der Waals surface area contributed by atoms with Gasteiger partial charge in [0.1, 0.15) is 5.82 Å². The number of hydrogen-bond donors (Lipinski definition) is 1. The average Bonchev–Trinajstić information content (AvgIpc) is 2.98. The molecule has 0 aliphatic carbocycles. The molecule has 0 saturated carbocycles. The number of aromatic hydroxyl groups is 1. The minimum Gasteiger partial charge on any atom is -0.505 e. The summed E-state index contributed by atoms with van der Waals surface area (Å²) in [4.78, 5) is 14.9. The fourth-order valence-corrected chi connectivity index (χ4v) is 4.03. The summed E-state index contributed by atoms with van der Waals surface area (Å²) in [6.07, 6.45) is 3.44. The Labute approximate surface area is 162 Å². The number of likely N-dealkylation sites (tertiary alicyclic amines) is 1. The molecule has 1 heterocycles. The van der Waals surface area contributed by atoms with Crippen LogP contribution in [0, 0.1) is 5.82 Å². The molecule has 0 spiro atoms. The van der Waals surface area contributed by atoms with Gasteiger partial charge in [0, 0.05) is 17.6 Å². The minimum atomic E-state index is -0.249. The predicted octanol–water partition coefficient (Wildman–Crippen LogP) is 5.46. The summed E-state index contributed by atoms with van der Waals surface area (Å²) in [5.41, 5.74) is 1.42. The zero-order valence-electron chi connectivity index (χ0n) is 14.4. The Bertz CT molecular complexity index is 787. The first-order valence-corrected chi connectivity index (χ1v) is 9.37. The van der Waals surface area contributed by atoms with Crippen molar-refractivity contribution in [1.82, 2.24) is 4.90 Å². The van der Waals surface area contributed by atoms with Crippen LogP contribution >= 0.6 is 23.2 Å². The van der Waals surface area contributed by atoms with Crippen molar-refractivity contribution in [3.63, 3.8) is 0 Å². The largest absolute Gasteiger partial charge is 0.505 e. The van der Waals surface area contributed by atoms with E-state index in [9.17, 15) is 14.3 Å². The molecular formula is C20H20Cl2FNO2. The maximum absolute atomic E-state index is 13.0. The highest BCUT2D eigenvalue weighted by Crippen LogP contribution is 2.35. The highest BCUT2D eigenvalue weighted by molar-refractivity contribution is 6.37. The first kappa shape index (κ1) is 19.0. The SMILES string of the molecule is C[C@@H]1CC[C@H](CCc2ccc(F)cc2)N1C(=O)c1cc(Cl)c(O)c(Cl)c1. The highest BCUT2D eigenvalue weighted by Gasteiger charge is 2.34. The zero-order chi connectivity index (χ0) is 18.8. The van der Waals surface area contributed by atoms with Crippen LogP contribution in [0.15, 0.2) is 36.4 Å². The Morgan fingerprint density at radius 1 is 1.19 bits per heavy atom. The molecule has 0 unspecified atom stereocenters. The summed E-state index contributed by atoms with van der Waals surface area (Å²) in [5, 5.41) is 9.83. The van der Waals surface area contributed by atoms with Crippen LogP contribution in [0.1, 0.15) is 42.1 Å². The normalized spacial score (nSPS) is 19.8. The van der Waals surface area contributed by atoms with Crippen molar-refractivity contribution in [2.75, 3.05) is 0 Å². The van der Waals surface area contributed by atoms with Gasteiger partial charge in [0.05, 0.1) is 10.0 Å². The molecule has 2 aromatic rings. The van der Waals surface area contributed by atoms with E-state index in [1.54, 1.807) is 12.1 Å². The number of hydrogen-bond acceptors (Lipinski definition) is 2. The number of carbonyl (C=O) groups excluding carboxylic acids is 1. The van der Waals surface area contributed by atoms with Gasteiger partial charge in [-0.3, -0.25) is 4.79 Å². The fraction of sp³-hybridized carbons (Fsp3) is 0.350. The number of amides is 1. The van der Waals surface area contributed by atoms with Gasteiger partial charge >= 0.3 is 0 Å².